The van der Waals surface area contributed by atoms with Gasteiger partial charge in [-0.25, -0.2) is 0 Å². The molecule has 58 valence electrons. The Bertz CT molecular complexity index is 388. The SMILES string of the molecule is S=c1[nH]c2c(c(=S)[nH]1)CCC2. The summed E-state index contributed by atoms with van der Waals surface area (Å²) in [4.78, 5) is 6.07. The summed E-state index contributed by atoms with van der Waals surface area (Å²) in [6.07, 6.45) is 3.39. The molecule has 0 fully saturated rings. The van der Waals surface area contributed by atoms with E-state index >= 15 is 0 Å². The average Bonchev–Trinajstić information content (AvgIpc) is 2.34. The molecule has 4 heteroatoms. The standard InChI is InChI=1S/C7H8N2S2/c10-6-4-2-1-3-5(4)8-7(11)9-6/h1-3H2,(H2,8,9,10,11). The van der Waals surface area contributed by atoms with Crippen LogP contribution in [0.15, 0.2) is 0 Å². The summed E-state index contributed by atoms with van der Waals surface area (Å²) >= 11 is 10.1. The summed E-state index contributed by atoms with van der Waals surface area (Å²) in [7, 11) is 0. The van der Waals surface area contributed by atoms with Crippen LogP contribution in [-0.2, 0) is 12.8 Å². The van der Waals surface area contributed by atoms with Crippen LogP contribution in [0.3, 0.4) is 0 Å². The summed E-state index contributed by atoms with van der Waals surface area (Å²) in [6.45, 7) is 0. The third-order valence-corrected chi connectivity index (χ3v) is 2.54. The molecule has 2 N–H and O–H groups in total. The molecule has 1 aromatic heterocycles. The molecule has 1 aromatic rings. The van der Waals surface area contributed by atoms with Crippen LogP contribution < -0.4 is 0 Å². The van der Waals surface area contributed by atoms with Crippen molar-refractivity contribution in [2.24, 2.45) is 0 Å². The van der Waals surface area contributed by atoms with Gasteiger partial charge < -0.3 is 9.97 Å². The molecular formula is C7H8N2S2. The molecule has 1 aliphatic carbocycles. The average molecular weight is 184 g/mol. The van der Waals surface area contributed by atoms with Gasteiger partial charge in [-0.1, -0.05) is 12.2 Å². The van der Waals surface area contributed by atoms with Crippen LogP contribution in [0.1, 0.15) is 17.7 Å². The van der Waals surface area contributed by atoms with Crippen molar-refractivity contribution in [3.63, 3.8) is 0 Å². The van der Waals surface area contributed by atoms with E-state index in [0.717, 1.165) is 17.5 Å². The highest BCUT2D eigenvalue weighted by molar-refractivity contribution is 7.72. The minimum absolute atomic E-state index is 0.649. The molecule has 0 aromatic carbocycles. The predicted octanol–water partition coefficient (Wildman–Crippen LogP) is 2.29. The lowest BCUT2D eigenvalue weighted by Crippen LogP contribution is -1.92. The lowest BCUT2D eigenvalue weighted by atomic mass is 10.3. The van der Waals surface area contributed by atoms with Gasteiger partial charge in [0.2, 0.25) is 0 Å². The van der Waals surface area contributed by atoms with Gasteiger partial charge >= 0.3 is 0 Å². The number of hydrogen-bond acceptors (Lipinski definition) is 2. The number of H-pyrrole nitrogens is 2. The van der Waals surface area contributed by atoms with Crippen molar-refractivity contribution in [1.82, 2.24) is 9.97 Å². The van der Waals surface area contributed by atoms with Crippen molar-refractivity contribution in [1.29, 1.82) is 0 Å². The van der Waals surface area contributed by atoms with Crippen molar-refractivity contribution < 1.29 is 0 Å². The molecule has 0 atom stereocenters. The summed E-state index contributed by atoms with van der Waals surface area (Å²) in [5, 5.41) is 0. The van der Waals surface area contributed by atoms with Crippen LogP contribution in [0.4, 0.5) is 0 Å². The maximum atomic E-state index is 5.12. The Balaban J connectivity index is 2.80. The van der Waals surface area contributed by atoms with Gasteiger partial charge in [0, 0.05) is 11.3 Å². The zero-order chi connectivity index (χ0) is 7.84. The van der Waals surface area contributed by atoms with E-state index < -0.39 is 0 Å². The molecule has 11 heavy (non-hydrogen) atoms. The topological polar surface area (TPSA) is 31.6 Å². The number of aryl methyl sites for hydroxylation is 1. The first-order valence-electron chi connectivity index (χ1n) is 3.62. The Morgan fingerprint density at radius 3 is 2.73 bits per heavy atom. The summed E-state index contributed by atoms with van der Waals surface area (Å²) < 4.78 is 1.47. The van der Waals surface area contributed by atoms with Gasteiger partial charge in [-0.05, 0) is 31.5 Å². The number of rotatable bonds is 0. The van der Waals surface area contributed by atoms with E-state index in [4.69, 9.17) is 24.4 Å². The van der Waals surface area contributed by atoms with E-state index in [1.807, 2.05) is 0 Å². The predicted molar refractivity (Wildman–Crippen MR) is 48.8 cm³/mol. The summed E-state index contributed by atoms with van der Waals surface area (Å²) in [6, 6.07) is 0. The molecular weight excluding hydrogens is 176 g/mol. The third kappa shape index (κ3) is 1.16. The number of nitrogens with one attached hydrogen (secondary N) is 2. The molecule has 0 bridgehead atoms. The molecule has 0 spiro atoms. The quantitative estimate of drug-likeness (QED) is 0.606. The first-order valence-corrected chi connectivity index (χ1v) is 4.43. The molecule has 0 saturated heterocycles. The number of aromatic amines is 2. The lowest BCUT2D eigenvalue weighted by Gasteiger charge is -1.97. The molecule has 0 aliphatic heterocycles. The first kappa shape index (κ1) is 7.18. The van der Waals surface area contributed by atoms with Crippen LogP contribution >= 0.6 is 24.4 Å². The molecule has 0 unspecified atom stereocenters. The summed E-state index contributed by atoms with van der Waals surface area (Å²) in [5.41, 5.74) is 2.49. The van der Waals surface area contributed by atoms with Crippen molar-refractivity contribution >= 4 is 24.4 Å². The van der Waals surface area contributed by atoms with Gasteiger partial charge in [0.1, 0.15) is 4.64 Å². The van der Waals surface area contributed by atoms with Gasteiger partial charge in [-0.3, -0.25) is 0 Å². The molecule has 2 rings (SSSR count). The van der Waals surface area contributed by atoms with E-state index in [2.05, 4.69) is 9.97 Å². The van der Waals surface area contributed by atoms with Crippen LogP contribution in [0, 0.1) is 9.41 Å². The zero-order valence-corrected chi connectivity index (χ0v) is 7.57. The Morgan fingerprint density at radius 2 is 1.91 bits per heavy atom. The fourth-order valence-electron chi connectivity index (χ4n) is 1.48. The van der Waals surface area contributed by atoms with Crippen LogP contribution in [0.2, 0.25) is 0 Å². The van der Waals surface area contributed by atoms with Gasteiger partial charge in [-0.2, -0.15) is 0 Å². The van der Waals surface area contributed by atoms with Crippen molar-refractivity contribution in [3.05, 3.63) is 20.7 Å². The number of hydrogen-bond donors (Lipinski definition) is 2. The van der Waals surface area contributed by atoms with E-state index in [1.165, 1.54) is 17.7 Å². The van der Waals surface area contributed by atoms with Crippen molar-refractivity contribution in [2.45, 2.75) is 19.3 Å². The van der Waals surface area contributed by atoms with Gasteiger partial charge in [0.05, 0.1) is 0 Å². The smallest absolute Gasteiger partial charge is 0.175 e. The molecule has 0 saturated carbocycles. The Hall–Kier alpha value is -0.480. The molecule has 0 radical (unpaired) electrons. The molecule has 0 amide bonds. The molecule has 1 aliphatic rings. The number of aromatic nitrogens is 2. The maximum Gasteiger partial charge on any atom is 0.175 e. The van der Waals surface area contributed by atoms with E-state index in [-0.39, 0.29) is 0 Å². The highest BCUT2D eigenvalue weighted by atomic mass is 32.1. The minimum atomic E-state index is 0.649. The van der Waals surface area contributed by atoms with Gasteiger partial charge in [0.15, 0.2) is 4.77 Å². The second-order valence-electron chi connectivity index (χ2n) is 2.72. The molecule has 2 nitrogen and oxygen atoms in total. The fourth-order valence-corrected chi connectivity index (χ4v) is 2.10. The molecule has 1 heterocycles. The second kappa shape index (κ2) is 2.53. The normalized spacial score (nSPS) is 14.9. The van der Waals surface area contributed by atoms with Gasteiger partial charge in [0.25, 0.3) is 0 Å². The second-order valence-corrected chi connectivity index (χ2v) is 3.54. The zero-order valence-electron chi connectivity index (χ0n) is 5.94. The van der Waals surface area contributed by atoms with E-state index in [1.54, 1.807) is 0 Å². The maximum absolute atomic E-state index is 5.12. The van der Waals surface area contributed by atoms with Crippen LogP contribution in [0.25, 0.3) is 0 Å². The fraction of sp³-hybridized carbons (Fsp3) is 0.429. The Morgan fingerprint density at radius 1 is 1.09 bits per heavy atom. The lowest BCUT2D eigenvalue weighted by molar-refractivity contribution is 0.898. The van der Waals surface area contributed by atoms with E-state index in [9.17, 15) is 0 Å². The van der Waals surface area contributed by atoms with Gasteiger partial charge in [-0.15, -0.1) is 0 Å². The first-order chi connectivity index (χ1) is 5.27. The Labute approximate surface area is 74.7 Å². The largest absolute Gasteiger partial charge is 0.336 e. The van der Waals surface area contributed by atoms with Crippen molar-refractivity contribution in [3.8, 4) is 0 Å². The summed E-state index contributed by atoms with van der Waals surface area (Å²) in [5.74, 6) is 0. The monoisotopic (exact) mass is 184 g/mol. The van der Waals surface area contributed by atoms with Crippen molar-refractivity contribution in [2.75, 3.05) is 0 Å². The third-order valence-electron chi connectivity index (χ3n) is 1.98. The van der Waals surface area contributed by atoms with Crippen LogP contribution in [0.5, 0.6) is 0 Å². The number of fused-ring (bicyclic) bond motifs is 1. The highest BCUT2D eigenvalue weighted by Crippen LogP contribution is 2.19. The highest BCUT2D eigenvalue weighted by Gasteiger charge is 2.11. The van der Waals surface area contributed by atoms with Crippen LogP contribution in [-0.4, -0.2) is 9.97 Å². The minimum Gasteiger partial charge on any atom is -0.336 e. The van der Waals surface area contributed by atoms with E-state index in [0.29, 0.717) is 4.77 Å². The Kier molecular flexibility index (Phi) is 1.65.